The van der Waals surface area contributed by atoms with E-state index in [4.69, 9.17) is 22.0 Å². The Balaban J connectivity index is 3.42. The number of aromatic carboxylic acids is 1. The Morgan fingerprint density at radius 1 is 1.64 bits per heavy atom. The lowest BCUT2D eigenvalue weighted by atomic mass is 10.1. The van der Waals surface area contributed by atoms with E-state index in [0.29, 0.717) is 10.0 Å². The van der Waals surface area contributed by atoms with Crippen molar-refractivity contribution in [2.75, 3.05) is 0 Å². The van der Waals surface area contributed by atoms with E-state index in [1.807, 2.05) is 6.07 Å². The smallest absolute Gasteiger partial charge is 0.336 e. The van der Waals surface area contributed by atoms with E-state index in [2.05, 4.69) is 15.9 Å². The average molecular weight is 275 g/mol. The monoisotopic (exact) mass is 273 g/mol. The zero-order chi connectivity index (χ0) is 10.7. The van der Waals surface area contributed by atoms with Gasteiger partial charge >= 0.3 is 5.97 Å². The molecule has 0 amide bonds. The summed E-state index contributed by atoms with van der Waals surface area (Å²) in [4.78, 5) is 10.8. The van der Waals surface area contributed by atoms with Gasteiger partial charge in [-0.3, -0.25) is 0 Å². The van der Waals surface area contributed by atoms with Crippen LogP contribution >= 0.6 is 27.5 Å². The number of carboxylic acid groups (broad SMARTS) is 1. The summed E-state index contributed by atoms with van der Waals surface area (Å²) in [5.41, 5.74) is 0.848. The van der Waals surface area contributed by atoms with Crippen LogP contribution in [0.15, 0.2) is 16.6 Å². The Labute approximate surface area is 94.0 Å². The Kier molecular flexibility index (Phi) is 3.50. The molecule has 1 aromatic rings. The minimum atomic E-state index is -1.08. The van der Waals surface area contributed by atoms with Crippen LogP contribution in [0.1, 0.15) is 21.5 Å². The van der Waals surface area contributed by atoms with Gasteiger partial charge in [0, 0.05) is 10.4 Å². The quantitative estimate of drug-likeness (QED) is 0.844. The van der Waals surface area contributed by atoms with Gasteiger partial charge in [-0.15, -0.1) is 11.6 Å². The normalized spacial score (nSPS) is 9.50. The highest BCUT2D eigenvalue weighted by Crippen LogP contribution is 2.23. The summed E-state index contributed by atoms with van der Waals surface area (Å²) in [7, 11) is 0. The maximum absolute atomic E-state index is 10.8. The maximum atomic E-state index is 10.8. The summed E-state index contributed by atoms with van der Waals surface area (Å²) < 4.78 is 0.556. The average Bonchev–Trinajstić information content (AvgIpc) is 2.16. The van der Waals surface area contributed by atoms with Crippen molar-refractivity contribution in [1.29, 1.82) is 5.26 Å². The Hall–Kier alpha value is -1.05. The van der Waals surface area contributed by atoms with Crippen LogP contribution in [0, 0.1) is 11.3 Å². The number of carbonyl (C=O) groups is 1. The third kappa shape index (κ3) is 2.06. The first-order valence-corrected chi connectivity index (χ1v) is 4.94. The zero-order valence-electron chi connectivity index (χ0n) is 6.92. The van der Waals surface area contributed by atoms with Crippen molar-refractivity contribution in [3.8, 4) is 6.07 Å². The minimum Gasteiger partial charge on any atom is -0.478 e. The lowest BCUT2D eigenvalue weighted by molar-refractivity contribution is 0.0696. The first-order valence-electron chi connectivity index (χ1n) is 3.62. The SMILES string of the molecule is N#Cc1cc(C(=O)O)c(CCl)cc1Br. The second kappa shape index (κ2) is 4.45. The highest BCUT2D eigenvalue weighted by molar-refractivity contribution is 9.10. The minimum absolute atomic E-state index is 0.0692. The van der Waals surface area contributed by atoms with E-state index in [9.17, 15) is 4.79 Å². The first kappa shape index (κ1) is 11.0. The number of nitriles is 1. The molecule has 0 bridgehead atoms. The van der Waals surface area contributed by atoms with Gasteiger partial charge in [0.2, 0.25) is 0 Å². The molecule has 1 aromatic carbocycles. The molecule has 14 heavy (non-hydrogen) atoms. The fraction of sp³-hybridized carbons (Fsp3) is 0.111. The first-order chi connectivity index (χ1) is 6.60. The summed E-state index contributed by atoms with van der Waals surface area (Å²) in [6.45, 7) is 0. The third-order valence-electron chi connectivity index (χ3n) is 1.69. The molecule has 1 rings (SSSR count). The Morgan fingerprint density at radius 2 is 2.29 bits per heavy atom. The fourth-order valence-electron chi connectivity index (χ4n) is 1.01. The van der Waals surface area contributed by atoms with Crippen molar-refractivity contribution in [3.63, 3.8) is 0 Å². The Morgan fingerprint density at radius 3 is 2.71 bits per heavy atom. The number of carboxylic acids is 1. The Bertz CT molecular complexity index is 426. The highest BCUT2D eigenvalue weighted by Gasteiger charge is 2.12. The van der Waals surface area contributed by atoms with Crippen LogP contribution < -0.4 is 0 Å². The molecule has 0 radical (unpaired) electrons. The molecule has 0 aliphatic carbocycles. The van der Waals surface area contributed by atoms with Crippen LogP contribution in [0.4, 0.5) is 0 Å². The van der Waals surface area contributed by atoms with Gasteiger partial charge in [0.25, 0.3) is 0 Å². The largest absolute Gasteiger partial charge is 0.478 e. The van der Waals surface area contributed by atoms with E-state index in [1.165, 1.54) is 6.07 Å². The third-order valence-corrected chi connectivity index (χ3v) is 2.63. The predicted molar refractivity (Wildman–Crippen MR) is 55.4 cm³/mol. The summed E-state index contributed by atoms with van der Waals surface area (Å²) in [5.74, 6) is -0.976. The second-order valence-corrected chi connectivity index (χ2v) is 3.66. The van der Waals surface area contributed by atoms with Crippen LogP contribution in [0.3, 0.4) is 0 Å². The van der Waals surface area contributed by atoms with Crippen molar-refractivity contribution in [2.24, 2.45) is 0 Å². The summed E-state index contributed by atoms with van der Waals surface area (Å²) in [5, 5.41) is 17.5. The van der Waals surface area contributed by atoms with E-state index < -0.39 is 5.97 Å². The van der Waals surface area contributed by atoms with Gasteiger partial charge < -0.3 is 5.11 Å². The van der Waals surface area contributed by atoms with Gasteiger partial charge in [0.15, 0.2) is 0 Å². The molecule has 0 aliphatic rings. The molecule has 1 N–H and O–H groups in total. The van der Waals surface area contributed by atoms with Crippen LogP contribution in [-0.4, -0.2) is 11.1 Å². The van der Waals surface area contributed by atoms with Crippen LogP contribution in [-0.2, 0) is 5.88 Å². The maximum Gasteiger partial charge on any atom is 0.336 e. The fourth-order valence-corrected chi connectivity index (χ4v) is 1.71. The lowest BCUT2D eigenvalue weighted by Gasteiger charge is -2.04. The molecule has 0 unspecified atom stereocenters. The highest BCUT2D eigenvalue weighted by atomic mass is 79.9. The second-order valence-electron chi connectivity index (χ2n) is 2.54. The molecule has 0 atom stereocenters. The van der Waals surface area contributed by atoms with Gasteiger partial charge in [0.1, 0.15) is 6.07 Å². The van der Waals surface area contributed by atoms with Crippen molar-refractivity contribution < 1.29 is 9.90 Å². The molecule has 3 nitrogen and oxygen atoms in total. The van der Waals surface area contributed by atoms with Gasteiger partial charge in [-0.25, -0.2) is 4.79 Å². The van der Waals surface area contributed by atoms with Crippen molar-refractivity contribution in [2.45, 2.75) is 5.88 Å². The number of halogens is 2. The molecule has 0 saturated heterocycles. The lowest BCUT2D eigenvalue weighted by Crippen LogP contribution is -2.02. The van der Waals surface area contributed by atoms with Gasteiger partial charge in [0.05, 0.1) is 11.1 Å². The molecule has 0 fully saturated rings. The summed E-state index contributed by atoms with van der Waals surface area (Å²) >= 11 is 8.73. The van der Waals surface area contributed by atoms with E-state index >= 15 is 0 Å². The van der Waals surface area contributed by atoms with Gasteiger partial charge in [-0.2, -0.15) is 5.26 Å². The molecular formula is C9H5BrClNO2. The molecule has 72 valence electrons. The molecule has 0 heterocycles. The summed E-state index contributed by atoms with van der Waals surface area (Å²) in [6.07, 6.45) is 0. The van der Waals surface area contributed by atoms with Crippen molar-refractivity contribution in [1.82, 2.24) is 0 Å². The number of rotatable bonds is 2. The number of nitrogens with zero attached hydrogens (tertiary/aromatic N) is 1. The van der Waals surface area contributed by atoms with E-state index in [1.54, 1.807) is 6.07 Å². The molecule has 0 aromatic heterocycles. The van der Waals surface area contributed by atoms with Crippen LogP contribution in [0.5, 0.6) is 0 Å². The van der Waals surface area contributed by atoms with Gasteiger partial charge in [-0.05, 0) is 33.6 Å². The van der Waals surface area contributed by atoms with E-state index in [-0.39, 0.29) is 17.0 Å². The molecule has 0 aliphatic heterocycles. The molecule has 5 heteroatoms. The molecular weight excluding hydrogens is 269 g/mol. The number of hydrogen-bond donors (Lipinski definition) is 1. The number of alkyl halides is 1. The number of hydrogen-bond acceptors (Lipinski definition) is 2. The van der Waals surface area contributed by atoms with Crippen LogP contribution in [0.25, 0.3) is 0 Å². The predicted octanol–water partition coefficient (Wildman–Crippen LogP) is 2.76. The van der Waals surface area contributed by atoms with Crippen molar-refractivity contribution >= 4 is 33.5 Å². The standard InChI is InChI=1S/C9H5BrClNO2/c10-8-2-5(3-11)7(9(13)14)1-6(8)4-12/h1-2H,3H2,(H,13,14). The van der Waals surface area contributed by atoms with E-state index in [0.717, 1.165) is 0 Å². The van der Waals surface area contributed by atoms with Crippen molar-refractivity contribution in [3.05, 3.63) is 33.3 Å². The topological polar surface area (TPSA) is 61.1 Å². The summed E-state index contributed by atoms with van der Waals surface area (Å²) in [6, 6.07) is 4.75. The van der Waals surface area contributed by atoms with Gasteiger partial charge in [-0.1, -0.05) is 0 Å². The zero-order valence-corrected chi connectivity index (χ0v) is 9.26. The van der Waals surface area contributed by atoms with Crippen LogP contribution in [0.2, 0.25) is 0 Å². The molecule has 0 saturated carbocycles. The molecule has 0 spiro atoms. The number of benzene rings is 1.